The summed E-state index contributed by atoms with van der Waals surface area (Å²) in [5.74, 6) is 0.193. The van der Waals surface area contributed by atoms with Crippen LogP contribution in [0.2, 0.25) is 0 Å². The second-order valence-electron chi connectivity index (χ2n) is 9.27. The number of nitrogens with zero attached hydrogens (tertiary/aromatic N) is 4. The zero-order valence-electron chi connectivity index (χ0n) is 20.5. The minimum absolute atomic E-state index is 0.0151. The molecule has 0 bridgehead atoms. The molecule has 8 nitrogen and oxygen atoms in total. The number of hydrogen-bond donors (Lipinski definition) is 0. The topological polar surface area (TPSA) is 81.2 Å². The fourth-order valence-corrected chi connectivity index (χ4v) is 6.74. The van der Waals surface area contributed by atoms with E-state index in [9.17, 15) is 16.8 Å². The summed E-state index contributed by atoms with van der Waals surface area (Å²) in [6, 6.07) is 17.2. The van der Waals surface area contributed by atoms with Crippen LogP contribution in [-0.2, 0) is 32.5 Å². The predicted octanol–water partition coefficient (Wildman–Crippen LogP) is 2.60. The first-order chi connectivity index (χ1) is 16.0. The van der Waals surface area contributed by atoms with Crippen molar-refractivity contribution in [1.29, 1.82) is 0 Å². The van der Waals surface area contributed by atoms with Crippen LogP contribution in [0.1, 0.15) is 25.0 Å². The normalized spacial score (nSPS) is 16.0. The Morgan fingerprint density at radius 1 is 0.824 bits per heavy atom. The lowest BCUT2D eigenvalue weighted by Gasteiger charge is -2.36. The van der Waals surface area contributed by atoms with E-state index in [1.54, 1.807) is 18.4 Å². The van der Waals surface area contributed by atoms with Crippen molar-refractivity contribution in [3.05, 3.63) is 65.7 Å². The quantitative estimate of drug-likeness (QED) is 0.493. The van der Waals surface area contributed by atoms with Crippen molar-refractivity contribution < 1.29 is 16.8 Å². The number of rotatable bonds is 10. The van der Waals surface area contributed by atoms with E-state index in [-0.39, 0.29) is 11.7 Å². The van der Waals surface area contributed by atoms with Gasteiger partial charge in [0, 0.05) is 59.1 Å². The maximum absolute atomic E-state index is 13.2. The van der Waals surface area contributed by atoms with Gasteiger partial charge in [-0.05, 0) is 29.2 Å². The lowest BCUT2D eigenvalue weighted by molar-refractivity contribution is 0.355. The van der Waals surface area contributed by atoms with Crippen LogP contribution in [0.4, 0.5) is 5.69 Å². The summed E-state index contributed by atoms with van der Waals surface area (Å²) in [6.45, 7) is 6.90. The van der Waals surface area contributed by atoms with Crippen molar-refractivity contribution in [2.24, 2.45) is 5.92 Å². The Hall–Kier alpha value is -1.98. The zero-order chi connectivity index (χ0) is 24.9. The van der Waals surface area contributed by atoms with Crippen LogP contribution in [0, 0.1) is 5.92 Å². The van der Waals surface area contributed by atoms with E-state index in [0.29, 0.717) is 39.3 Å². The van der Waals surface area contributed by atoms with Crippen LogP contribution >= 0.6 is 0 Å². The molecule has 34 heavy (non-hydrogen) atoms. The Morgan fingerprint density at radius 2 is 1.41 bits per heavy atom. The molecule has 0 spiro atoms. The minimum atomic E-state index is -3.47. The minimum Gasteiger partial charge on any atom is -0.369 e. The van der Waals surface area contributed by atoms with Crippen LogP contribution in [0.5, 0.6) is 0 Å². The fraction of sp³-hybridized carbons (Fsp3) is 0.500. The predicted molar refractivity (Wildman–Crippen MR) is 137 cm³/mol. The summed E-state index contributed by atoms with van der Waals surface area (Å²) in [5.41, 5.74) is 2.71. The van der Waals surface area contributed by atoms with Crippen molar-refractivity contribution in [2.75, 3.05) is 51.7 Å². The lowest BCUT2D eigenvalue weighted by atomic mass is 10.1. The van der Waals surface area contributed by atoms with Crippen LogP contribution in [0.15, 0.2) is 54.6 Å². The van der Waals surface area contributed by atoms with E-state index in [4.69, 9.17) is 0 Å². The first-order valence-corrected chi connectivity index (χ1v) is 14.5. The van der Waals surface area contributed by atoms with Gasteiger partial charge in [0.15, 0.2) is 0 Å². The molecule has 0 aromatic heterocycles. The lowest BCUT2D eigenvalue weighted by Crippen LogP contribution is -2.51. The molecule has 1 aliphatic rings. The fourth-order valence-electron chi connectivity index (χ4n) is 3.98. The first-order valence-electron chi connectivity index (χ1n) is 11.5. The Morgan fingerprint density at radius 3 is 1.94 bits per heavy atom. The van der Waals surface area contributed by atoms with Gasteiger partial charge in [0.05, 0.1) is 5.75 Å². The summed E-state index contributed by atoms with van der Waals surface area (Å²) in [4.78, 5) is 2.16. The van der Waals surface area contributed by atoms with E-state index in [1.807, 2.05) is 68.4 Å². The molecule has 0 saturated carbocycles. The van der Waals surface area contributed by atoms with Gasteiger partial charge in [0.25, 0.3) is 10.2 Å². The number of sulfonamides is 1. The third-order valence-corrected chi connectivity index (χ3v) is 9.54. The van der Waals surface area contributed by atoms with E-state index < -0.39 is 20.2 Å². The van der Waals surface area contributed by atoms with Crippen molar-refractivity contribution in [3.63, 3.8) is 0 Å². The van der Waals surface area contributed by atoms with Gasteiger partial charge in [-0.3, -0.25) is 0 Å². The van der Waals surface area contributed by atoms with Gasteiger partial charge in [-0.2, -0.15) is 21.3 Å². The van der Waals surface area contributed by atoms with E-state index >= 15 is 0 Å². The van der Waals surface area contributed by atoms with Crippen molar-refractivity contribution in [3.8, 4) is 0 Å². The van der Waals surface area contributed by atoms with Gasteiger partial charge in [-0.15, -0.1) is 0 Å². The SMILES string of the molecule is CC(C)CN(Cc1ccc(N2CCN(S(=O)(=O)N(C)C)CC2)cc1)S(=O)(=O)Cc1ccccc1. The number of piperazine rings is 1. The van der Waals surface area contributed by atoms with Crippen LogP contribution < -0.4 is 4.90 Å². The maximum Gasteiger partial charge on any atom is 0.281 e. The Labute approximate surface area is 205 Å². The van der Waals surface area contributed by atoms with Gasteiger partial charge in [0.1, 0.15) is 0 Å². The average molecular weight is 509 g/mol. The van der Waals surface area contributed by atoms with Crippen LogP contribution in [0.25, 0.3) is 0 Å². The molecule has 10 heteroatoms. The van der Waals surface area contributed by atoms with Gasteiger partial charge in [0.2, 0.25) is 10.0 Å². The monoisotopic (exact) mass is 508 g/mol. The van der Waals surface area contributed by atoms with E-state index in [0.717, 1.165) is 16.8 Å². The molecule has 188 valence electrons. The highest BCUT2D eigenvalue weighted by Crippen LogP contribution is 2.22. The Balaban J connectivity index is 1.67. The van der Waals surface area contributed by atoms with Gasteiger partial charge in [-0.1, -0.05) is 56.3 Å². The van der Waals surface area contributed by atoms with Gasteiger partial charge >= 0.3 is 0 Å². The van der Waals surface area contributed by atoms with Crippen molar-refractivity contribution in [1.82, 2.24) is 12.9 Å². The summed E-state index contributed by atoms with van der Waals surface area (Å²) in [6.07, 6.45) is 0. The van der Waals surface area contributed by atoms with Gasteiger partial charge < -0.3 is 4.90 Å². The second kappa shape index (κ2) is 11.2. The summed E-state index contributed by atoms with van der Waals surface area (Å²) in [5, 5.41) is 0. The average Bonchev–Trinajstić information content (AvgIpc) is 2.79. The van der Waals surface area contributed by atoms with Crippen LogP contribution in [0.3, 0.4) is 0 Å². The third-order valence-electron chi connectivity index (χ3n) is 5.84. The second-order valence-corrected chi connectivity index (χ2v) is 13.4. The van der Waals surface area contributed by atoms with Crippen molar-refractivity contribution >= 4 is 25.9 Å². The molecule has 1 saturated heterocycles. The maximum atomic E-state index is 13.2. The highest BCUT2D eigenvalue weighted by atomic mass is 32.2. The highest BCUT2D eigenvalue weighted by molar-refractivity contribution is 7.88. The molecular weight excluding hydrogens is 472 g/mol. The molecule has 1 fully saturated rings. The molecule has 0 amide bonds. The first kappa shape index (κ1) is 26.6. The standard InChI is InChI=1S/C24H36N4O4S2/c1-21(2)18-28(33(29,30)20-23-8-6-5-7-9-23)19-22-10-12-24(13-11-22)26-14-16-27(17-15-26)34(31,32)25(3)4/h5-13,21H,14-20H2,1-4H3. The summed E-state index contributed by atoms with van der Waals surface area (Å²) >= 11 is 0. The largest absolute Gasteiger partial charge is 0.369 e. The third kappa shape index (κ3) is 6.79. The Bertz CT molecular complexity index is 1130. The molecule has 2 aromatic carbocycles. The number of hydrogen-bond acceptors (Lipinski definition) is 5. The summed E-state index contributed by atoms with van der Waals surface area (Å²) in [7, 11) is -3.78. The molecular formula is C24H36N4O4S2. The van der Waals surface area contributed by atoms with Crippen molar-refractivity contribution in [2.45, 2.75) is 26.1 Å². The molecule has 3 rings (SSSR count). The molecule has 1 heterocycles. The molecule has 0 unspecified atom stereocenters. The van der Waals surface area contributed by atoms with E-state index in [2.05, 4.69) is 4.90 Å². The Kier molecular flexibility index (Phi) is 8.75. The van der Waals surface area contributed by atoms with Crippen LogP contribution in [-0.4, -0.2) is 76.6 Å². The van der Waals surface area contributed by atoms with E-state index in [1.165, 1.54) is 8.61 Å². The molecule has 1 aliphatic heterocycles. The summed E-state index contributed by atoms with van der Waals surface area (Å²) < 4.78 is 55.3. The zero-order valence-corrected chi connectivity index (χ0v) is 22.1. The molecule has 2 aromatic rings. The number of benzene rings is 2. The molecule has 0 atom stereocenters. The molecule has 0 radical (unpaired) electrons. The molecule has 0 N–H and O–H groups in total. The molecule has 0 aliphatic carbocycles. The van der Waals surface area contributed by atoms with Gasteiger partial charge in [-0.25, -0.2) is 8.42 Å². The highest BCUT2D eigenvalue weighted by Gasteiger charge is 2.29. The smallest absolute Gasteiger partial charge is 0.281 e. The number of anilines is 1.